The van der Waals surface area contributed by atoms with E-state index in [1.807, 2.05) is 24.3 Å². The minimum atomic E-state index is -0.601. The molecule has 0 atom stereocenters. The van der Waals surface area contributed by atoms with Crippen molar-refractivity contribution < 1.29 is 9.66 Å². The monoisotopic (exact) mass is 308 g/mol. The molecule has 0 aliphatic rings. The summed E-state index contributed by atoms with van der Waals surface area (Å²) in [5, 5.41) is 13.7. The van der Waals surface area contributed by atoms with Crippen LogP contribution in [-0.2, 0) is 6.42 Å². The molecule has 2 aromatic rings. The second kappa shape index (κ2) is 6.85. The van der Waals surface area contributed by atoms with E-state index in [-0.39, 0.29) is 16.7 Å². The molecule has 1 aromatic heterocycles. The average molecular weight is 309 g/mol. The Hall–Kier alpha value is -2.41. The van der Waals surface area contributed by atoms with Crippen LogP contribution in [0.1, 0.15) is 5.56 Å². The van der Waals surface area contributed by atoms with Gasteiger partial charge in [-0.05, 0) is 24.1 Å². The zero-order valence-electron chi connectivity index (χ0n) is 11.2. The molecule has 1 N–H and O–H groups in total. The molecule has 0 spiro atoms. The summed E-state index contributed by atoms with van der Waals surface area (Å²) in [7, 11) is 1.60. The van der Waals surface area contributed by atoms with Gasteiger partial charge in [0.1, 0.15) is 12.1 Å². The van der Waals surface area contributed by atoms with Gasteiger partial charge in [0.05, 0.1) is 12.0 Å². The highest BCUT2D eigenvalue weighted by atomic mass is 35.5. The van der Waals surface area contributed by atoms with Gasteiger partial charge in [-0.3, -0.25) is 10.1 Å². The Bertz CT molecular complexity index is 651. The molecule has 0 aliphatic carbocycles. The van der Waals surface area contributed by atoms with E-state index in [2.05, 4.69) is 15.3 Å². The number of nitrogens with one attached hydrogen (secondary N) is 1. The van der Waals surface area contributed by atoms with Crippen LogP contribution in [0.15, 0.2) is 30.6 Å². The van der Waals surface area contributed by atoms with Crippen LogP contribution < -0.4 is 10.1 Å². The zero-order chi connectivity index (χ0) is 15.2. The molecule has 7 nitrogen and oxygen atoms in total. The molecule has 0 saturated heterocycles. The molecule has 2 rings (SSSR count). The van der Waals surface area contributed by atoms with Crippen LogP contribution >= 0.6 is 11.6 Å². The molecule has 0 saturated carbocycles. The van der Waals surface area contributed by atoms with E-state index in [9.17, 15) is 10.1 Å². The normalized spacial score (nSPS) is 10.2. The van der Waals surface area contributed by atoms with Crippen LogP contribution in [0.3, 0.4) is 0 Å². The number of rotatable bonds is 6. The van der Waals surface area contributed by atoms with E-state index in [1.54, 1.807) is 7.11 Å². The van der Waals surface area contributed by atoms with Crippen LogP contribution in [0.2, 0.25) is 5.15 Å². The van der Waals surface area contributed by atoms with Crippen molar-refractivity contribution in [2.24, 2.45) is 0 Å². The lowest BCUT2D eigenvalue weighted by Gasteiger charge is -2.07. The molecule has 110 valence electrons. The number of halogens is 1. The summed E-state index contributed by atoms with van der Waals surface area (Å²) in [5.41, 5.74) is 0.731. The van der Waals surface area contributed by atoms with Crippen molar-refractivity contribution in [2.45, 2.75) is 6.42 Å². The third kappa shape index (κ3) is 3.79. The van der Waals surface area contributed by atoms with Gasteiger partial charge in [0.2, 0.25) is 11.0 Å². The maximum atomic E-state index is 10.9. The van der Waals surface area contributed by atoms with Crippen LogP contribution in [0.5, 0.6) is 5.75 Å². The summed E-state index contributed by atoms with van der Waals surface area (Å²) in [6, 6.07) is 7.60. The fourth-order valence-corrected chi connectivity index (χ4v) is 2.00. The van der Waals surface area contributed by atoms with Gasteiger partial charge in [-0.15, -0.1) is 0 Å². The predicted molar refractivity (Wildman–Crippen MR) is 78.9 cm³/mol. The third-order valence-electron chi connectivity index (χ3n) is 2.80. The summed E-state index contributed by atoms with van der Waals surface area (Å²) in [6.07, 6.45) is 1.85. The van der Waals surface area contributed by atoms with Crippen molar-refractivity contribution in [3.63, 3.8) is 0 Å². The smallest absolute Gasteiger partial charge is 0.348 e. The number of methoxy groups -OCH3 is 1. The van der Waals surface area contributed by atoms with E-state index < -0.39 is 4.92 Å². The summed E-state index contributed by atoms with van der Waals surface area (Å²) in [5.74, 6) is 0.881. The number of aromatic nitrogens is 2. The van der Waals surface area contributed by atoms with Crippen molar-refractivity contribution in [3.8, 4) is 5.75 Å². The molecule has 8 heteroatoms. The first-order chi connectivity index (χ1) is 10.1. The Labute approximate surface area is 126 Å². The Kier molecular flexibility index (Phi) is 4.89. The molecular formula is C13H13ClN4O3. The van der Waals surface area contributed by atoms with E-state index in [0.29, 0.717) is 13.0 Å². The lowest BCUT2D eigenvalue weighted by molar-refractivity contribution is -0.384. The highest BCUT2D eigenvalue weighted by molar-refractivity contribution is 6.31. The Morgan fingerprint density at radius 1 is 1.43 bits per heavy atom. The van der Waals surface area contributed by atoms with Gasteiger partial charge < -0.3 is 10.1 Å². The Balaban J connectivity index is 2.03. The van der Waals surface area contributed by atoms with Crippen molar-refractivity contribution >= 4 is 23.1 Å². The maximum Gasteiger partial charge on any atom is 0.348 e. The van der Waals surface area contributed by atoms with Gasteiger partial charge in [0, 0.05) is 6.54 Å². The largest absolute Gasteiger partial charge is 0.497 e. The van der Waals surface area contributed by atoms with Gasteiger partial charge in [-0.25, -0.2) is 9.97 Å². The quantitative estimate of drug-likeness (QED) is 0.501. The average Bonchev–Trinajstić information content (AvgIpc) is 2.47. The van der Waals surface area contributed by atoms with Crippen molar-refractivity contribution in [2.75, 3.05) is 19.0 Å². The summed E-state index contributed by atoms with van der Waals surface area (Å²) in [6.45, 7) is 0.474. The number of ether oxygens (including phenoxy) is 1. The summed E-state index contributed by atoms with van der Waals surface area (Å²) >= 11 is 5.71. The molecule has 1 heterocycles. The number of anilines is 1. The minimum Gasteiger partial charge on any atom is -0.497 e. The number of nitro groups is 1. The minimum absolute atomic E-state index is 0.114. The number of nitrogens with zero attached hydrogens (tertiary/aromatic N) is 3. The van der Waals surface area contributed by atoms with Crippen molar-refractivity contribution in [1.29, 1.82) is 0 Å². The highest BCUT2D eigenvalue weighted by Crippen LogP contribution is 2.28. The second-order valence-corrected chi connectivity index (χ2v) is 4.51. The fourth-order valence-electron chi connectivity index (χ4n) is 1.80. The van der Waals surface area contributed by atoms with Crippen LogP contribution in [0, 0.1) is 10.1 Å². The number of hydrogen-bond donors (Lipinski definition) is 1. The SMILES string of the molecule is COc1cccc(CCNc2ncnc(Cl)c2[N+](=O)[O-])c1. The molecule has 21 heavy (non-hydrogen) atoms. The molecule has 0 amide bonds. The van der Waals surface area contributed by atoms with Gasteiger partial charge >= 0.3 is 5.69 Å². The molecule has 0 unspecified atom stereocenters. The van der Waals surface area contributed by atoms with Crippen LogP contribution in [0.4, 0.5) is 11.5 Å². The molecule has 0 radical (unpaired) electrons. The maximum absolute atomic E-state index is 10.9. The number of benzene rings is 1. The fraction of sp³-hybridized carbons (Fsp3) is 0.231. The highest BCUT2D eigenvalue weighted by Gasteiger charge is 2.20. The lowest BCUT2D eigenvalue weighted by atomic mass is 10.1. The second-order valence-electron chi connectivity index (χ2n) is 4.15. The van der Waals surface area contributed by atoms with Gasteiger partial charge in [0.25, 0.3) is 0 Å². The van der Waals surface area contributed by atoms with E-state index in [1.165, 1.54) is 6.33 Å². The standard InChI is InChI=1S/C13H13ClN4O3/c1-21-10-4-2-3-9(7-10)5-6-15-13-11(18(19)20)12(14)16-8-17-13/h2-4,7-8H,5-6H2,1H3,(H,15,16,17). The molecule has 0 bridgehead atoms. The first-order valence-electron chi connectivity index (χ1n) is 6.13. The van der Waals surface area contributed by atoms with Crippen molar-refractivity contribution in [1.82, 2.24) is 9.97 Å². The van der Waals surface area contributed by atoms with Crippen molar-refractivity contribution in [3.05, 3.63) is 51.4 Å². The Morgan fingerprint density at radius 3 is 2.95 bits per heavy atom. The Morgan fingerprint density at radius 2 is 2.24 bits per heavy atom. The van der Waals surface area contributed by atoms with E-state index >= 15 is 0 Å². The first-order valence-corrected chi connectivity index (χ1v) is 6.51. The van der Waals surface area contributed by atoms with E-state index in [0.717, 1.165) is 11.3 Å². The third-order valence-corrected chi connectivity index (χ3v) is 3.08. The van der Waals surface area contributed by atoms with Crippen LogP contribution in [-0.4, -0.2) is 28.5 Å². The molecule has 0 aliphatic heterocycles. The molecule has 0 fully saturated rings. The number of hydrogen-bond acceptors (Lipinski definition) is 6. The van der Waals surface area contributed by atoms with Crippen LogP contribution in [0.25, 0.3) is 0 Å². The molecule has 1 aromatic carbocycles. The first kappa shape index (κ1) is 15.0. The zero-order valence-corrected chi connectivity index (χ0v) is 12.0. The predicted octanol–water partition coefficient (Wildman–Crippen LogP) is 2.70. The topological polar surface area (TPSA) is 90.2 Å². The summed E-state index contributed by atoms with van der Waals surface area (Å²) < 4.78 is 5.14. The lowest BCUT2D eigenvalue weighted by Crippen LogP contribution is -2.09. The summed E-state index contributed by atoms with van der Waals surface area (Å²) in [4.78, 5) is 17.8. The van der Waals surface area contributed by atoms with Gasteiger partial charge in [-0.2, -0.15) is 0 Å². The molecular weight excluding hydrogens is 296 g/mol. The van der Waals surface area contributed by atoms with Gasteiger partial charge in [-0.1, -0.05) is 23.7 Å². The van der Waals surface area contributed by atoms with Gasteiger partial charge in [0.15, 0.2) is 0 Å². The van der Waals surface area contributed by atoms with E-state index in [4.69, 9.17) is 16.3 Å².